The minimum atomic E-state index is 0.536. The Kier molecular flexibility index (Phi) is 4.84. The molecule has 11 heavy (non-hydrogen) atoms. The second-order valence-electron chi connectivity index (χ2n) is 3.38. The quantitative estimate of drug-likeness (QED) is 0.552. The molecule has 0 aromatic rings. The third kappa shape index (κ3) is 4.77. The molecule has 0 heterocycles. The molecule has 0 fully saturated rings. The first-order chi connectivity index (χ1) is 5.07. The Labute approximate surface area is 70.2 Å². The zero-order chi connectivity index (χ0) is 8.85. The Morgan fingerprint density at radius 1 is 1.18 bits per heavy atom. The first-order valence-corrected chi connectivity index (χ1v) is 4.28. The van der Waals surface area contributed by atoms with Crippen LogP contribution in [0.2, 0.25) is 0 Å². The molecule has 0 aromatic carbocycles. The monoisotopic (exact) mass is 153 g/mol. The van der Waals surface area contributed by atoms with Crippen molar-refractivity contribution in [2.75, 3.05) is 0 Å². The molecule has 1 nitrogen and oxygen atoms in total. The minimum absolute atomic E-state index is 0.536. The summed E-state index contributed by atoms with van der Waals surface area (Å²) in [5, 5.41) is 0. The molecule has 0 atom stereocenters. The summed E-state index contributed by atoms with van der Waals surface area (Å²) in [6.45, 7) is 10.6. The van der Waals surface area contributed by atoms with E-state index in [2.05, 4.69) is 38.8 Å². The predicted molar refractivity (Wildman–Crippen MR) is 51.9 cm³/mol. The Bertz CT molecular complexity index is 152. The van der Waals surface area contributed by atoms with Gasteiger partial charge in [0.15, 0.2) is 0 Å². The van der Waals surface area contributed by atoms with E-state index in [0.717, 1.165) is 0 Å². The molecule has 0 aromatic heterocycles. The van der Waals surface area contributed by atoms with Gasteiger partial charge in [-0.05, 0) is 18.8 Å². The number of nitrogens with zero attached hydrogens (tertiary/aromatic N) is 1. The highest BCUT2D eigenvalue weighted by Gasteiger charge is 2.00. The van der Waals surface area contributed by atoms with Gasteiger partial charge in [-0.3, -0.25) is 4.99 Å². The summed E-state index contributed by atoms with van der Waals surface area (Å²) in [5.74, 6) is 1.13. The highest BCUT2D eigenvalue weighted by molar-refractivity contribution is 5.55. The maximum Gasteiger partial charge on any atom is 0.0387 e. The average molecular weight is 153 g/mol. The van der Waals surface area contributed by atoms with Gasteiger partial charge in [-0.1, -0.05) is 33.8 Å². The van der Waals surface area contributed by atoms with Crippen LogP contribution in [-0.2, 0) is 0 Å². The normalized spacial score (nSPS) is 13.9. The highest BCUT2D eigenvalue weighted by atomic mass is 14.7. The largest absolute Gasteiger partial charge is 0.266 e. The van der Waals surface area contributed by atoms with Crippen molar-refractivity contribution in [3.8, 4) is 0 Å². The van der Waals surface area contributed by atoms with Crippen LogP contribution < -0.4 is 0 Å². The Hall–Kier alpha value is -0.590. The van der Waals surface area contributed by atoms with E-state index in [1.165, 1.54) is 5.70 Å². The summed E-state index contributed by atoms with van der Waals surface area (Å²) < 4.78 is 0. The first kappa shape index (κ1) is 10.4. The maximum atomic E-state index is 4.30. The van der Waals surface area contributed by atoms with Gasteiger partial charge in [0.05, 0.1) is 0 Å². The molecule has 0 aliphatic carbocycles. The summed E-state index contributed by atoms with van der Waals surface area (Å²) in [7, 11) is 0. The van der Waals surface area contributed by atoms with Crippen molar-refractivity contribution >= 4 is 6.21 Å². The van der Waals surface area contributed by atoms with E-state index >= 15 is 0 Å². The molecule has 0 bridgehead atoms. The van der Waals surface area contributed by atoms with Crippen LogP contribution in [-0.4, -0.2) is 6.21 Å². The first-order valence-electron chi connectivity index (χ1n) is 4.28. The fraction of sp³-hybridized carbons (Fsp3) is 0.700. The van der Waals surface area contributed by atoms with Gasteiger partial charge >= 0.3 is 0 Å². The zero-order valence-corrected chi connectivity index (χ0v) is 8.26. The Balaban J connectivity index is 4.33. The molecule has 0 saturated heterocycles. The van der Waals surface area contributed by atoms with Crippen LogP contribution in [0.4, 0.5) is 0 Å². The smallest absolute Gasteiger partial charge is 0.0387 e. The van der Waals surface area contributed by atoms with Gasteiger partial charge in [0, 0.05) is 11.9 Å². The number of allylic oxidation sites excluding steroid dienone is 2. The molecule has 0 radical (unpaired) electrons. The molecule has 0 saturated carbocycles. The van der Waals surface area contributed by atoms with Crippen LogP contribution in [0.1, 0.15) is 34.6 Å². The van der Waals surface area contributed by atoms with Crippen LogP contribution >= 0.6 is 0 Å². The van der Waals surface area contributed by atoms with Gasteiger partial charge in [0.2, 0.25) is 0 Å². The Morgan fingerprint density at radius 2 is 1.73 bits per heavy atom. The van der Waals surface area contributed by atoms with E-state index in [0.29, 0.717) is 11.8 Å². The third-order valence-corrected chi connectivity index (χ3v) is 1.37. The second kappa shape index (κ2) is 5.11. The molecule has 0 aliphatic heterocycles. The van der Waals surface area contributed by atoms with Gasteiger partial charge in [-0.15, -0.1) is 0 Å². The SMILES string of the molecule is CC=N/C(=C\C(C)C)C(C)C. The summed E-state index contributed by atoms with van der Waals surface area (Å²) in [5.41, 5.74) is 1.20. The second-order valence-corrected chi connectivity index (χ2v) is 3.38. The topological polar surface area (TPSA) is 12.4 Å². The van der Waals surface area contributed by atoms with Crippen molar-refractivity contribution in [2.24, 2.45) is 16.8 Å². The van der Waals surface area contributed by atoms with Crippen molar-refractivity contribution < 1.29 is 0 Å². The van der Waals surface area contributed by atoms with Crippen molar-refractivity contribution in [3.63, 3.8) is 0 Å². The van der Waals surface area contributed by atoms with Gasteiger partial charge < -0.3 is 0 Å². The van der Waals surface area contributed by atoms with Crippen LogP contribution in [0.15, 0.2) is 16.8 Å². The third-order valence-electron chi connectivity index (χ3n) is 1.37. The molecule has 0 rings (SSSR count). The lowest BCUT2D eigenvalue weighted by Gasteiger charge is -2.06. The average Bonchev–Trinajstić information content (AvgIpc) is 1.86. The summed E-state index contributed by atoms with van der Waals surface area (Å²) in [6, 6.07) is 0. The summed E-state index contributed by atoms with van der Waals surface area (Å²) in [6.07, 6.45) is 4.07. The maximum absolute atomic E-state index is 4.30. The highest BCUT2D eigenvalue weighted by Crippen LogP contribution is 2.13. The molecule has 0 N–H and O–H groups in total. The van der Waals surface area contributed by atoms with Crippen molar-refractivity contribution in [3.05, 3.63) is 11.8 Å². The molecule has 0 aliphatic rings. The number of hydrogen-bond donors (Lipinski definition) is 0. The van der Waals surface area contributed by atoms with E-state index < -0.39 is 0 Å². The summed E-state index contributed by atoms with van der Waals surface area (Å²) in [4.78, 5) is 4.30. The van der Waals surface area contributed by atoms with Gasteiger partial charge in [0.1, 0.15) is 0 Å². The molecular formula is C10H19N. The minimum Gasteiger partial charge on any atom is -0.266 e. The van der Waals surface area contributed by atoms with Crippen molar-refractivity contribution in [2.45, 2.75) is 34.6 Å². The van der Waals surface area contributed by atoms with E-state index in [-0.39, 0.29) is 0 Å². The zero-order valence-electron chi connectivity index (χ0n) is 8.26. The van der Waals surface area contributed by atoms with Gasteiger partial charge in [0.25, 0.3) is 0 Å². The van der Waals surface area contributed by atoms with E-state index in [9.17, 15) is 0 Å². The number of hydrogen-bond acceptors (Lipinski definition) is 1. The molecular weight excluding hydrogens is 134 g/mol. The molecule has 64 valence electrons. The fourth-order valence-electron chi connectivity index (χ4n) is 0.875. The van der Waals surface area contributed by atoms with Crippen molar-refractivity contribution in [1.29, 1.82) is 0 Å². The van der Waals surface area contributed by atoms with E-state index in [1.54, 1.807) is 0 Å². The standard InChI is InChI=1S/C10H19N/c1-6-11-10(9(4)5)7-8(2)3/h6-9H,1-5H3/b10-7-,11-6?. The lowest BCUT2D eigenvalue weighted by atomic mass is 10.1. The Morgan fingerprint density at radius 3 is 2.00 bits per heavy atom. The van der Waals surface area contributed by atoms with Crippen molar-refractivity contribution in [1.82, 2.24) is 0 Å². The molecule has 1 heteroatoms. The lowest BCUT2D eigenvalue weighted by Crippen LogP contribution is -1.93. The van der Waals surface area contributed by atoms with Gasteiger partial charge in [-0.2, -0.15) is 0 Å². The van der Waals surface area contributed by atoms with Crippen LogP contribution in [0, 0.1) is 11.8 Å². The van der Waals surface area contributed by atoms with E-state index in [4.69, 9.17) is 0 Å². The fourth-order valence-corrected chi connectivity index (χ4v) is 0.875. The predicted octanol–water partition coefficient (Wildman–Crippen LogP) is 3.27. The van der Waals surface area contributed by atoms with Crippen LogP contribution in [0.25, 0.3) is 0 Å². The molecule has 0 unspecified atom stereocenters. The number of aliphatic imine (C=N–C) groups is 1. The lowest BCUT2D eigenvalue weighted by molar-refractivity contribution is 0.722. The number of rotatable bonds is 3. The van der Waals surface area contributed by atoms with Gasteiger partial charge in [-0.25, -0.2) is 0 Å². The van der Waals surface area contributed by atoms with Crippen LogP contribution in [0.5, 0.6) is 0 Å². The van der Waals surface area contributed by atoms with Crippen LogP contribution in [0.3, 0.4) is 0 Å². The summed E-state index contributed by atoms with van der Waals surface area (Å²) >= 11 is 0. The molecule has 0 spiro atoms. The van der Waals surface area contributed by atoms with E-state index in [1.807, 2.05) is 13.1 Å². The molecule has 0 amide bonds.